The lowest BCUT2D eigenvalue weighted by Crippen LogP contribution is -2.41. The Morgan fingerprint density at radius 3 is 2.50 bits per heavy atom. The first-order valence-electron chi connectivity index (χ1n) is 8.86. The van der Waals surface area contributed by atoms with Crippen LogP contribution in [0.15, 0.2) is 0 Å². The minimum Gasteiger partial charge on any atom is -0.460 e. The van der Waals surface area contributed by atoms with Crippen molar-refractivity contribution in [3.05, 3.63) is 0 Å². The van der Waals surface area contributed by atoms with Crippen molar-refractivity contribution in [3.63, 3.8) is 0 Å². The molecule has 2 rings (SSSR count). The van der Waals surface area contributed by atoms with Crippen molar-refractivity contribution in [2.24, 2.45) is 5.92 Å². The third-order valence-electron chi connectivity index (χ3n) is 4.36. The van der Waals surface area contributed by atoms with Gasteiger partial charge in [-0.3, -0.25) is 14.4 Å². The molecule has 2 aliphatic rings. The molecule has 150 valence electrons. The van der Waals surface area contributed by atoms with E-state index < -0.39 is 3.92 Å². The van der Waals surface area contributed by atoms with Gasteiger partial charge >= 0.3 is 11.9 Å². The second kappa shape index (κ2) is 11.3. The molecule has 0 radical (unpaired) electrons. The molecule has 26 heavy (non-hydrogen) atoms. The maximum Gasteiger partial charge on any atom is 0.321 e. The summed E-state index contributed by atoms with van der Waals surface area (Å²) in [5.74, 6) is -0.548. The monoisotopic (exact) mass is 596 g/mol. The van der Waals surface area contributed by atoms with Crippen LogP contribution < -0.4 is 0 Å². The molecule has 8 nitrogen and oxygen atoms in total. The fourth-order valence-corrected chi connectivity index (χ4v) is 3.53. The second-order valence-corrected chi connectivity index (χ2v) is 9.82. The molecular weight excluding hydrogens is 570 g/mol. The number of hydroxylamine groups is 4. The van der Waals surface area contributed by atoms with Crippen molar-refractivity contribution in [3.8, 4) is 0 Å². The highest BCUT2D eigenvalue weighted by Crippen LogP contribution is 2.21. The second-order valence-electron chi connectivity index (χ2n) is 6.56. The van der Waals surface area contributed by atoms with Gasteiger partial charge in [-0.2, -0.15) is 10.1 Å². The molecule has 0 aromatic rings. The van der Waals surface area contributed by atoms with Gasteiger partial charge in [-0.05, 0) is 55.2 Å². The van der Waals surface area contributed by atoms with E-state index in [1.54, 1.807) is 5.06 Å². The fraction of sp³-hybridized carbons (Fsp3) is 0.875. The summed E-state index contributed by atoms with van der Waals surface area (Å²) < 4.78 is 10.1. The molecule has 3 atom stereocenters. The van der Waals surface area contributed by atoms with Gasteiger partial charge in [0.1, 0.15) is 14.1 Å². The molecule has 0 bridgehead atoms. The number of alkyl halides is 2. The Morgan fingerprint density at radius 1 is 1.19 bits per heavy atom. The van der Waals surface area contributed by atoms with E-state index in [1.807, 2.05) is 29.5 Å². The smallest absolute Gasteiger partial charge is 0.321 e. The van der Waals surface area contributed by atoms with Crippen LogP contribution in [0.2, 0.25) is 0 Å². The summed E-state index contributed by atoms with van der Waals surface area (Å²) in [4.78, 5) is 29.8. The van der Waals surface area contributed by atoms with Crippen molar-refractivity contribution in [1.82, 2.24) is 10.1 Å². The van der Waals surface area contributed by atoms with Crippen molar-refractivity contribution in [2.75, 3.05) is 32.8 Å². The average Bonchev–Trinajstić information content (AvgIpc) is 2.59. The topological polar surface area (TPSA) is 88.5 Å². The summed E-state index contributed by atoms with van der Waals surface area (Å²) in [7, 11) is 0. The van der Waals surface area contributed by atoms with E-state index in [1.165, 1.54) is 5.06 Å². The third kappa shape index (κ3) is 7.70. The Hall–Kier alpha value is 0.240. The van der Waals surface area contributed by atoms with E-state index in [9.17, 15) is 14.8 Å². The SMILES string of the molecule is CC(I)OC(=O)C1CCN(OCC(I)C(=O)OC2CCCN(O)C2)CC1. The molecule has 0 aliphatic carbocycles. The number of esters is 2. The lowest BCUT2D eigenvalue weighted by Gasteiger charge is -2.31. The number of hydrogen-bond acceptors (Lipinski definition) is 8. The summed E-state index contributed by atoms with van der Waals surface area (Å²) >= 11 is 4.08. The molecule has 0 amide bonds. The van der Waals surface area contributed by atoms with Crippen LogP contribution in [0.3, 0.4) is 0 Å². The van der Waals surface area contributed by atoms with Crippen molar-refractivity contribution in [2.45, 2.75) is 46.7 Å². The zero-order valence-electron chi connectivity index (χ0n) is 14.8. The molecule has 2 heterocycles. The molecule has 1 N–H and O–H groups in total. The zero-order valence-corrected chi connectivity index (χ0v) is 19.1. The van der Waals surface area contributed by atoms with E-state index in [4.69, 9.17) is 14.3 Å². The summed E-state index contributed by atoms with van der Waals surface area (Å²) in [6.45, 7) is 4.31. The normalized spacial score (nSPS) is 25.5. The van der Waals surface area contributed by atoms with Crippen molar-refractivity contribution in [1.29, 1.82) is 0 Å². The van der Waals surface area contributed by atoms with E-state index in [-0.39, 0.29) is 34.7 Å². The highest BCUT2D eigenvalue weighted by atomic mass is 127. The molecule has 0 spiro atoms. The minimum absolute atomic E-state index is 0.0832. The van der Waals surface area contributed by atoms with Crippen LogP contribution >= 0.6 is 45.2 Å². The first-order valence-corrected chi connectivity index (χ1v) is 11.3. The van der Waals surface area contributed by atoms with E-state index in [2.05, 4.69) is 22.6 Å². The Labute approximate surface area is 181 Å². The lowest BCUT2D eigenvalue weighted by molar-refractivity contribution is -0.186. The molecule has 0 aromatic carbocycles. The van der Waals surface area contributed by atoms with Gasteiger partial charge < -0.3 is 14.7 Å². The molecule has 0 saturated carbocycles. The number of piperidine rings is 2. The van der Waals surface area contributed by atoms with Crippen LogP contribution in [0.4, 0.5) is 0 Å². The van der Waals surface area contributed by atoms with Crippen LogP contribution in [0.5, 0.6) is 0 Å². The van der Waals surface area contributed by atoms with Gasteiger partial charge in [0.05, 0.1) is 19.1 Å². The third-order valence-corrected chi connectivity index (χ3v) is 5.49. The van der Waals surface area contributed by atoms with Gasteiger partial charge in [0, 0.05) is 19.6 Å². The lowest BCUT2D eigenvalue weighted by atomic mass is 9.98. The van der Waals surface area contributed by atoms with E-state index in [0.29, 0.717) is 39.0 Å². The maximum absolute atomic E-state index is 12.1. The zero-order chi connectivity index (χ0) is 19.1. The molecule has 2 aliphatic heterocycles. The van der Waals surface area contributed by atoms with Crippen LogP contribution in [0.25, 0.3) is 0 Å². The summed E-state index contributed by atoms with van der Waals surface area (Å²) in [5, 5.41) is 12.5. The van der Waals surface area contributed by atoms with E-state index in [0.717, 1.165) is 12.8 Å². The van der Waals surface area contributed by atoms with Gasteiger partial charge in [-0.1, -0.05) is 22.6 Å². The summed E-state index contributed by atoms with van der Waals surface area (Å²) in [6.07, 6.45) is 2.69. The first-order chi connectivity index (χ1) is 12.3. The van der Waals surface area contributed by atoms with Gasteiger partial charge in [0.2, 0.25) is 0 Å². The Kier molecular flexibility index (Phi) is 9.78. The van der Waals surface area contributed by atoms with Crippen molar-refractivity contribution < 1.29 is 29.1 Å². The van der Waals surface area contributed by atoms with Gasteiger partial charge in [0.15, 0.2) is 0 Å². The van der Waals surface area contributed by atoms with Gasteiger partial charge in [-0.25, -0.2) is 0 Å². The van der Waals surface area contributed by atoms with Crippen LogP contribution in [0.1, 0.15) is 32.6 Å². The van der Waals surface area contributed by atoms with Gasteiger partial charge in [-0.15, -0.1) is 0 Å². The maximum atomic E-state index is 12.1. The Balaban J connectivity index is 1.64. The predicted molar refractivity (Wildman–Crippen MR) is 110 cm³/mol. The quantitative estimate of drug-likeness (QED) is 0.272. The van der Waals surface area contributed by atoms with Crippen LogP contribution in [0, 0.1) is 5.92 Å². The number of ether oxygens (including phenoxy) is 2. The molecule has 2 fully saturated rings. The van der Waals surface area contributed by atoms with E-state index >= 15 is 0 Å². The highest BCUT2D eigenvalue weighted by Gasteiger charge is 2.29. The minimum atomic E-state index is -0.413. The molecular formula is C16H26I2N2O6. The fourth-order valence-electron chi connectivity index (χ4n) is 2.97. The number of nitrogens with zero attached hydrogens (tertiary/aromatic N) is 2. The average molecular weight is 596 g/mol. The number of halogens is 2. The molecule has 2 saturated heterocycles. The standard InChI is InChI=1S/C16H26I2N2O6/c1-11(17)25-15(21)12-4-7-20(8-5-12)24-10-14(18)16(22)26-13-3-2-6-19(23)9-13/h11-14,23H,2-10H2,1H3. The largest absolute Gasteiger partial charge is 0.460 e. The van der Waals surface area contributed by atoms with Gasteiger partial charge in [0.25, 0.3) is 0 Å². The van der Waals surface area contributed by atoms with Crippen molar-refractivity contribution >= 4 is 57.1 Å². The number of carbonyl (C=O) groups excluding carboxylic acids is 2. The summed E-state index contributed by atoms with van der Waals surface area (Å²) in [6, 6.07) is 0. The Morgan fingerprint density at radius 2 is 1.88 bits per heavy atom. The molecule has 0 aromatic heterocycles. The number of carbonyl (C=O) groups is 2. The summed E-state index contributed by atoms with van der Waals surface area (Å²) in [5.41, 5.74) is 0. The molecule has 3 unspecified atom stereocenters. The number of rotatable bonds is 7. The predicted octanol–water partition coefficient (Wildman–Crippen LogP) is 2.15. The number of hydrogen-bond donors (Lipinski definition) is 1. The Bertz CT molecular complexity index is 474. The highest BCUT2D eigenvalue weighted by molar-refractivity contribution is 14.1. The van der Waals surface area contributed by atoms with Crippen LogP contribution in [-0.4, -0.2) is 74.2 Å². The van der Waals surface area contributed by atoms with Crippen LogP contribution in [-0.2, 0) is 23.9 Å². The molecule has 10 heteroatoms. The first kappa shape index (κ1) is 22.5.